The minimum absolute atomic E-state index is 0.157. The highest BCUT2D eigenvalue weighted by Gasteiger charge is 2.14. The van der Waals surface area contributed by atoms with Crippen LogP contribution in [0.4, 0.5) is 5.69 Å². The van der Waals surface area contributed by atoms with E-state index < -0.39 is 0 Å². The van der Waals surface area contributed by atoms with Crippen molar-refractivity contribution in [3.05, 3.63) is 24.3 Å². The van der Waals surface area contributed by atoms with Crippen molar-refractivity contribution in [2.24, 2.45) is 0 Å². The monoisotopic (exact) mass is 318 g/mol. The molecule has 0 aliphatic heterocycles. The first kappa shape index (κ1) is 17.6. The summed E-state index contributed by atoms with van der Waals surface area (Å²) in [6.45, 7) is 4.68. The SMILES string of the molecule is CC(C)Oc1ccc(NCCC(=O)NC2CCCCCC2)cc1. The fraction of sp³-hybridized carbons (Fsp3) is 0.632. The average molecular weight is 318 g/mol. The van der Waals surface area contributed by atoms with Crippen LogP contribution in [0.25, 0.3) is 0 Å². The molecule has 2 N–H and O–H groups in total. The highest BCUT2D eigenvalue weighted by Crippen LogP contribution is 2.18. The summed E-state index contributed by atoms with van der Waals surface area (Å²) in [6, 6.07) is 8.27. The lowest BCUT2D eigenvalue weighted by Crippen LogP contribution is -2.35. The molecule has 1 aromatic rings. The van der Waals surface area contributed by atoms with E-state index in [4.69, 9.17) is 4.74 Å². The Kier molecular flexibility index (Phi) is 7.24. The first-order valence-corrected chi connectivity index (χ1v) is 8.93. The molecule has 1 fully saturated rings. The zero-order valence-electron chi connectivity index (χ0n) is 14.4. The van der Waals surface area contributed by atoms with Crippen molar-refractivity contribution in [3.63, 3.8) is 0 Å². The van der Waals surface area contributed by atoms with E-state index in [9.17, 15) is 4.79 Å². The van der Waals surface area contributed by atoms with Crippen LogP contribution in [0.15, 0.2) is 24.3 Å². The Hall–Kier alpha value is -1.71. The van der Waals surface area contributed by atoms with Gasteiger partial charge in [0.25, 0.3) is 0 Å². The van der Waals surface area contributed by atoms with Crippen LogP contribution in [0.1, 0.15) is 58.8 Å². The summed E-state index contributed by atoms with van der Waals surface area (Å²) in [6.07, 6.45) is 8.08. The molecule has 0 heterocycles. The maximum Gasteiger partial charge on any atom is 0.221 e. The van der Waals surface area contributed by atoms with Gasteiger partial charge in [-0.05, 0) is 51.0 Å². The number of carbonyl (C=O) groups is 1. The van der Waals surface area contributed by atoms with Crippen LogP contribution in [-0.2, 0) is 4.79 Å². The second-order valence-corrected chi connectivity index (χ2v) is 6.62. The Labute approximate surface area is 140 Å². The van der Waals surface area contributed by atoms with Crippen molar-refractivity contribution < 1.29 is 9.53 Å². The van der Waals surface area contributed by atoms with Gasteiger partial charge in [0.2, 0.25) is 5.91 Å². The highest BCUT2D eigenvalue weighted by atomic mass is 16.5. The zero-order chi connectivity index (χ0) is 16.5. The van der Waals surface area contributed by atoms with Gasteiger partial charge in [-0.3, -0.25) is 4.79 Å². The fourth-order valence-electron chi connectivity index (χ4n) is 2.97. The Bertz CT molecular complexity index is 463. The summed E-state index contributed by atoms with van der Waals surface area (Å²) >= 11 is 0. The summed E-state index contributed by atoms with van der Waals surface area (Å²) in [4.78, 5) is 12.0. The summed E-state index contributed by atoms with van der Waals surface area (Å²) in [5, 5.41) is 6.47. The van der Waals surface area contributed by atoms with Gasteiger partial charge in [0.1, 0.15) is 5.75 Å². The first-order valence-electron chi connectivity index (χ1n) is 8.93. The molecule has 23 heavy (non-hydrogen) atoms. The molecule has 4 heteroatoms. The third-order valence-electron chi connectivity index (χ3n) is 4.13. The number of anilines is 1. The lowest BCUT2D eigenvalue weighted by Gasteiger charge is -2.16. The Balaban J connectivity index is 1.66. The largest absolute Gasteiger partial charge is 0.491 e. The van der Waals surface area contributed by atoms with E-state index in [2.05, 4.69) is 10.6 Å². The standard InChI is InChI=1S/C19H30N2O2/c1-15(2)23-18-11-9-16(10-12-18)20-14-13-19(22)21-17-7-5-3-4-6-8-17/h9-12,15,17,20H,3-8,13-14H2,1-2H3,(H,21,22). The van der Waals surface area contributed by atoms with Gasteiger partial charge in [-0.1, -0.05) is 25.7 Å². The number of ether oxygens (including phenoxy) is 1. The molecular formula is C19H30N2O2. The molecule has 0 atom stereocenters. The van der Waals surface area contributed by atoms with Crippen LogP contribution in [0, 0.1) is 0 Å². The summed E-state index contributed by atoms with van der Waals surface area (Å²) in [5.74, 6) is 1.03. The van der Waals surface area contributed by atoms with Crippen LogP contribution in [0.5, 0.6) is 5.75 Å². The van der Waals surface area contributed by atoms with Crippen LogP contribution in [0.3, 0.4) is 0 Å². The van der Waals surface area contributed by atoms with Gasteiger partial charge in [0.05, 0.1) is 6.10 Å². The minimum atomic E-state index is 0.157. The molecule has 0 spiro atoms. The number of carbonyl (C=O) groups excluding carboxylic acids is 1. The molecule has 1 aromatic carbocycles. The molecule has 0 unspecified atom stereocenters. The third kappa shape index (κ3) is 6.93. The normalized spacial score (nSPS) is 16.0. The maximum atomic E-state index is 12.0. The van der Waals surface area contributed by atoms with Crippen LogP contribution >= 0.6 is 0 Å². The predicted octanol–water partition coefficient (Wildman–Crippen LogP) is 4.11. The van der Waals surface area contributed by atoms with E-state index in [1.807, 2.05) is 38.1 Å². The lowest BCUT2D eigenvalue weighted by molar-refractivity contribution is -0.121. The van der Waals surface area contributed by atoms with Gasteiger partial charge in [0, 0.05) is 24.7 Å². The van der Waals surface area contributed by atoms with Crippen LogP contribution < -0.4 is 15.4 Å². The van der Waals surface area contributed by atoms with Gasteiger partial charge >= 0.3 is 0 Å². The molecule has 1 aliphatic carbocycles. The van der Waals surface area contributed by atoms with E-state index in [0.29, 0.717) is 19.0 Å². The van der Waals surface area contributed by atoms with Gasteiger partial charge in [-0.25, -0.2) is 0 Å². The fourth-order valence-corrected chi connectivity index (χ4v) is 2.97. The van der Waals surface area contributed by atoms with Crippen molar-refractivity contribution in [3.8, 4) is 5.75 Å². The number of amides is 1. The highest BCUT2D eigenvalue weighted by molar-refractivity contribution is 5.76. The zero-order valence-corrected chi connectivity index (χ0v) is 14.4. The van der Waals surface area contributed by atoms with Crippen molar-refractivity contribution in [1.29, 1.82) is 0 Å². The second-order valence-electron chi connectivity index (χ2n) is 6.62. The van der Waals surface area contributed by atoms with Gasteiger partial charge in [-0.15, -0.1) is 0 Å². The number of rotatable bonds is 7. The van der Waals surface area contributed by atoms with E-state index in [1.165, 1.54) is 25.7 Å². The Morgan fingerprint density at radius 2 is 1.78 bits per heavy atom. The molecule has 128 valence electrons. The molecule has 2 rings (SSSR count). The predicted molar refractivity (Wildman–Crippen MR) is 94.9 cm³/mol. The molecule has 1 amide bonds. The Morgan fingerprint density at radius 1 is 1.13 bits per heavy atom. The van der Waals surface area contributed by atoms with Crippen molar-refractivity contribution in [1.82, 2.24) is 5.32 Å². The van der Waals surface area contributed by atoms with E-state index in [-0.39, 0.29) is 12.0 Å². The topological polar surface area (TPSA) is 50.4 Å². The quantitative estimate of drug-likeness (QED) is 0.744. The molecule has 0 saturated heterocycles. The number of hydrogen-bond acceptors (Lipinski definition) is 3. The minimum Gasteiger partial charge on any atom is -0.491 e. The van der Waals surface area contributed by atoms with Crippen LogP contribution in [-0.4, -0.2) is 24.6 Å². The number of benzene rings is 1. The second kappa shape index (κ2) is 9.43. The van der Waals surface area contributed by atoms with E-state index in [1.54, 1.807) is 0 Å². The van der Waals surface area contributed by atoms with Gasteiger partial charge < -0.3 is 15.4 Å². The lowest BCUT2D eigenvalue weighted by atomic mass is 10.1. The molecule has 1 saturated carbocycles. The molecular weight excluding hydrogens is 288 g/mol. The van der Waals surface area contributed by atoms with Crippen molar-refractivity contribution in [2.75, 3.05) is 11.9 Å². The first-order chi connectivity index (χ1) is 11.1. The molecule has 0 bridgehead atoms. The Morgan fingerprint density at radius 3 is 2.39 bits per heavy atom. The van der Waals surface area contributed by atoms with E-state index >= 15 is 0 Å². The number of hydrogen-bond donors (Lipinski definition) is 2. The maximum absolute atomic E-state index is 12.0. The molecule has 0 radical (unpaired) electrons. The van der Waals surface area contributed by atoms with Crippen molar-refractivity contribution in [2.45, 2.75) is 70.9 Å². The van der Waals surface area contributed by atoms with E-state index in [0.717, 1.165) is 24.3 Å². The van der Waals surface area contributed by atoms with Crippen LogP contribution in [0.2, 0.25) is 0 Å². The summed E-state index contributed by atoms with van der Waals surface area (Å²) in [5.41, 5.74) is 1.02. The molecule has 1 aliphatic rings. The number of nitrogens with one attached hydrogen (secondary N) is 2. The smallest absolute Gasteiger partial charge is 0.221 e. The molecule has 0 aromatic heterocycles. The third-order valence-corrected chi connectivity index (χ3v) is 4.13. The average Bonchev–Trinajstić information content (AvgIpc) is 2.77. The summed E-state index contributed by atoms with van der Waals surface area (Å²) in [7, 11) is 0. The van der Waals surface area contributed by atoms with Gasteiger partial charge in [0.15, 0.2) is 0 Å². The molecule has 4 nitrogen and oxygen atoms in total. The van der Waals surface area contributed by atoms with Gasteiger partial charge in [-0.2, -0.15) is 0 Å². The summed E-state index contributed by atoms with van der Waals surface area (Å²) < 4.78 is 5.61. The van der Waals surface area contributed by atoms with Crippen molar-refractivity contribution >= 4 is 11.6 Å².